The van der Waals surface area contributed by atoms with Gasteiger partial charge in [0, 0.05) is 29.8 Å². The number of amides is 2. The van der Waals surface area contributed by atoms with Crippen LogP contribution in [-0.4, -0.2) is 25.8 Å². The van der Waals surface area contributed by atoms with Gasteiger partial charge in [-0.2, -0.15) is 0 Å². The smallest absolute Gasteiger partial charge is 0.319 e. The van der Waals surface area contributed by atoms with E-state index >= 15 is 0 Å². The number of carbonyl (C=O) groups excluding carboxylic acids is 1. The molecule has 2 rings (SSSR count). The van der Waals surface area contributed by atoms with Gasteiger partial charge in [0.2, 0.25) is 0 Å². The van der Waals surface area contributed by atoms with Gasteiger partial charge in [-0.25, -0.2) is 4.79 Å². The van der Waals surface area contributed by atoms with Crippen LogP contribution in [0.25, 0.3) is 0 Å². The van der Waals surface area contributed by atoms with Crippen LogP contribution in [0.4, 0.5) is 10.5 Å². The molecule has 0 radical (unpaired) electrons. The number of benzene rings is 1. The minimum Gasteiger partial charge on any atom is -0.381 e. The third-order valence-electron chi connectivity index (χ3n) is 3.09. The van der Waals surface area contributed by atoms with Crippen LogP contribution in [-0.2, 0) is 4.74 Å². The Morgan fingerprint density at radius 3 is 3.11 bits per heavy atom. The molecule has 2 amide bonds. The Morgan fingerprint density at radius 1 is 1.56 bits per heavy atom. The molecule has 5 heteroatoms. The average molecular weight is 269 g/mol. The molecule has 0 spiro atoms. The number of ether oxygens (including phenoxy) is 1. The van der Waals surface area contributed by atoms with Crippen molar-refractivity contribution < 1.29 is 9.53 Å². The topological polar surface area (TPSA) is 50.4 Å². The first kappa shape index (κ1) is 13.2. The summed E-state index contributed by atoms with van der Waals surface area (Å²) in [6.45, 7) is 4.05. The SMILES string of the molecule is Cc1c(Cl)cccc1NC(=O)NCC1CCOC1. The summed E-state index contributed by atoms with van der Waals surface area (Å²) in [6.07, 6.45) is 1.01. The second kappa shape index (κ2) is 6.07. The molecule has 0 aromatic heterocycles. The van der Waals surface area contributed by atoms with Crippen molar-refractivity contribution in [2.45, 2.75) is 13.3 Å². The average Bonchev–Trinajstić information content (AvgIpc) is 2.86. The van der Waals surface area contributed by atoms with Gasteiger partial charge in [-0.3, -0.25) is 0 Å². The lowest BCUT2D eigenvalue weighted by molar-refractivity contribution is 0.185. The first-order chi connectivity index (χ1) is 8.66. The maximum Gasteiger partial charge on any atom is 0.319 e. The Kier molecular flexibility index (Phi) is 4.44. The minimum absolute atomic E-state index is 0.202. The van der Waals surface area contributed by atoms with Crippen molar-refractivity contribution >= 4 is 23.3 Å². The molecule has 0 aliphatic carbocycles. The van der Waals surface area contributed by atoms with Crippen LogP contribution in [0.15, 0.2) is 18.2 Å². The van der Waals surface area contributed by atoms with E-state index in [1.165, 1.54) is 0 Å². The summed E-state index contributed by atoms with van der Waals surface area (Å²) in [4.78, 5) is 11.7. The van der Waals surface area contributed by atoms with Gasteiger partial charge in [0.05, 0.1) is 6.61 Å². The fourth-order valence-electron chi connectivity index (χ4n) is 1.89. The maximum atomic E-state index is 11.7. The molecule has 1 heterocycles. The number of nitrogens with one attached hydrogen (secondary N) is 2. The Hall–Kier alpha value is -1.26. The highest BCUT2D eigenvalue weighted by atomic mass is 35.5. The van der Waals surface area contributed by atoms with E-state index in [9.17, 15) is 4.79 Å². The number of hydrogen-bond donors (Lipinski definition) is 2. The summed E-state index contributed by atoms with van der Waals surface area (Å²) in [5.74, 6) is 0.427. The highest BCUT2D eigenvalue weighted by Crippen LogP contribution is 2.22. The van der Waals surface area contributed by atoms with Crippen LogP contribution in [0.3, 0.4) is 0 Å². The second-order valence-electron chi connectivity index (χ2n) is 4.48. The lowest BCUT2D eigenvalue weighted by atomic mass is 10.1. The van der Waals surface area contributed by atoms with Crippen molar-refractivity contribution in [1.29, 1.82) is 0 Å². The zero-order valence-electron chi connectivity index (χ0n) is 10.3. The van der Waals surface area contributed by atoms with E-state index in [0.717, 1.165) is 30.9 Å². The van der Waals surface area contributed by atoms with Crippen molar-refractivity contribution in [2.24, 2.45) is 5.92 Å². The van der Waals surface area contributed by atoms with Crippen molar-refractivity contribution in [3.63, 3.8) is 0 Å². The summed E-state index contributed by atoms with van der Waals surface area (Å²) in [6, 6.07) is 5.25. The van der Waals surface area contributed by atoms with E-state index in [-0.39, 0.29) is 6.03 Å². The zero-order valence-corrected chi connectivity index (χ0v) is 11.1. The highest BCUT2D eigenvalue weighted by molar-refractivity contribution is 6.31. The largest absolute Gasteiger partial charge is 0.381 e. The molecule has 1 aromatic carbocycles. The molecule has 0 bridgehead atoms. The minimum atomic E-state index is -0.202. The first-order valence-corrected chi connectivity index (χ1v) is 6.42. The van der Waals surface area contributed by atoms with E-state index in [1.54, 1.807) is 6.07 Å². The molecule has 1 unspecified atom stereocenters. The second-order valence-corrected chi connectivity index (χ2v) is 4.88. The summed E-state index contributed by atoms with van der Waals surface area (Å²) in [7, 11) is 0. The van der Waals surface area contributed by atoms with Crippen LogP contribution < -0.4 is 10.6 Å². The number of urea groups is 1. The van der Waals surface area contributed by atoms with Crippen LogP contribution in [0.2, 0.25) is 5.02 Å². The van der Waals surface area contributed by atoms with E-state index in [1.807, 2.05) is 19.1 Å². The van der Waals surface area contributed by atoms with E-state index in [4.69, 9.17) is 16.3 Å². The van der Waals surface area contributed by atoms with Gasteiger partial charge in [0.1, 0.15) is 0 Å². The molecule has 1 aliphatic rings. The lowest BCUT2D eigenvalue weighted by Crippen LogP contribution is -2.33. The number of rotatable bonds is 3. The van der Waals surface area contributed by atoms with Crippen LogP contribution in [0.5, 0.6) is 0 Å². The number of carbonyl (C=O) groups is 1. The van der Waals surface area contributed by atoms with Gasteiger partial charge < -0.3 is 15.4 Å². The third kappa shape index (κ3) is 3.37. The summed E-state index contributed by atoms with van der Waals surface area (Å²) in [5, 5.41) is 6.30. The van der Waals surface area contributed by atoms with Gasteiger partial charge in [0.25, 0.3) is 0 Å². The summed E-state index contributed by atoms with van der Waals surface area (Å²) in [5.41, 5.74) is 1.61. The molecule has 4 nitrogen and oxygen atoms in total. The van der Waals surface area contributed by atoms with E-state index < -0.39 is 0 Å². The predicted molar refractivity (Wildman–Crippen MR) is 72.1 cm³/mol. The Morgan fingerprint density at radius 2 is 2.39 bits per heavy atom. The van der Waals surface area contributed by atoms with Crippen LogP contribution >= 0.6 is 11.6 Å². The first-order valence-electron chi connectivity index (χ1n) is 6.04. The predicted octanol–water partition coefficient (Wildman–Crippen LogP) is 2.81. The Labute approximate surface area is 112 Å². The van der Waals surface area contributed by atoms with Gasteiger partial charge in [0.15, 0.2) is 0 Å². The van der Waals surface area contributed by atoms with Crippen LogP contribution in [0, 0.1) is 12.8 Å². The van der Waals surface area contributed by atoms with E-state index in [0.29, 0.717) is 17.5 Å². The van der Waals surface area contributed by atoms with Crippen molar-refractivity contribution in [3.05, 3.63) is 28.8 Å². The molecular formula is C13H17ClN2O2. The number of anilines is 1. The van der Waals surface area contributed by atoms with Gasteiger partial charge in [-0.1, -0.05) is 17.7 Å². The molecule has 98 valence electrons. The van der Waals surface area contributed by atoms with Crippen molar-refractivity contribution in [2.75, 3.05) is 25.1 Å². The molecule has 1 fully saturated rings. The Balaban J connectivity index is 1.84. The van der Waals surface area contributed by atoms with Crippen LogP contribution in [0.1, 0.15) is 12.0 Å². The molecule has 1 saturated heterocycles. The summed E-state index contributed by atoms with van der Waals surface area (Å²) >= 11 is 5.99. The summed E-state index contributed by atoms with van der Waals surface area (Å²) < 4.78 is 5.25. The molecule has 1 aromatic rings. The number of hydrogen-bond acceptors (Lipinski definition) is 2. The fraction of sp³-hybridized carbons (Fsp3) is 0.462. The maximum absolute atomic E-state index is 11.7. The molecule has 1 atom stereocenters. The molecular weight excluding hydrogens is 252 g/mol. The molecule has 2 N–H and O–H groups in total. The zero-order chi connectivity index (χ0) is 13.0. The van der Waals surface area contributed by atoms with E-state index in [2.05, 4.69) is 10.6 Å². The van der Waals surface area contributed by atoms with Crippen molar-refractivity contribution in [1.82, 2.24) is 5.32 Å². The standard InChI is InChI=1S/C13H17ClN2O2/c1-9-11(14)3-2-4-12(9)16-13(17)15-7-10-5-6-18-8-10/h2-4,10H,5-8H2,1H3,(H2,15,16,17). The fourth-order valence-corrected chi connectivity index (χ4v) is 2.07. The molecule has 1 aliphatic heterocycles. The monoisotopic (exact) mass is 268 g/mol. The van der Waals surface area contributed by atoms with Gasteiger partial charge in [-0.15, -0.1) is 0 Å². The van der Waals surface area contributed by atoms with Gasteiger partial charge in [-0.05, 0) is 31.0 Å². The molecule has 18 heavy (non-hydrogen) atoms. The van der Waals surface area contributed by atoms with Gasteiger partial charge >= 0.3 is 6.03 Å². The highest BCUT2D eigenvalue weighted by Gasteiger charge is 2.16. The Bertz CT molecular complexity index is 431. The normalized spacial score (nSPS) is 18.7. The number of halogens is 1. The quantitative estimate of drug-likeness (QED) is 0.886. The third-order valence-corrected chi connectivity index (χ3v) is 3.50. The lowest BCUT2D eigenvalue weighted by Gasteiger charge is -2.12. The molecule has 0 saturated carbocycles. The van der Waals surface area contributed by atoms with Crippen molar-refractivity contribution in [3.8, 4) is 0 Å².